The maximum Gasteiger partial charge on any atom is 0.0826 e. The molecule has 0 aromatic rings. The second-order valence-electron chi connectivity index (χ2n) is 3.92. The van der Waals surface area contributed by atoms with Gasteiger partial charge in [0.25, 0.3) is 0 Å². The number of alkyl halides is 1. The van der Waals surface area contributed by atoms with Crippen LogP contribution in [-0.4, -0.2) is 56.2 Å². The average Bonchev–Trinajstić information content (AvgIpc) is 2.19. The Morgan fingerprint density at radius 2 is 2.43 bits per heavy atom. The normalized spacial score (nSPS) is 26.4. The number of hydrogen-bond acceptors (Lipinski definition) is 3. The molecule has 2 unspecified atom stereocenters. The topological polar surface area (TPSA) is 24.5 Å². The second-order valence-corrected chi connectivity index (χ2v) is 4.23. The SMILES string of the molecule is CCC(CCl)NCC1CN(C)CCO1. The second kappa shape index (κ2) is 6.62. The Morgan fingerprint density at radius 3 is 3.00 bits per heavy atom. The van der Waals surface area contributed by atoms with Crippen molar-refractivity contribution in [3.63, 3.8) is 0 Å². The molecule has 0 radical (unpaired) electrons. The van der Waals surface area contributed by atoms with Gasteiger partial charge in [-0.2, -0.15) is 0 Å². The van der Waals surface area contributed by atoms with Gasteiger partial charge in [0.1, 0.15) is 0 Å². The number of likely N-dealkylation sites (N-methyl/N-ethyl adjacent to an activating group) is 1. The first-order valence-electron chi connectivity index (χ1n) is 5.35. The molecule has 3 nitrogen and oxygen atoms in total. The Hall–Kier alpha value is 0.170. The summed E-state index contributed by atoms with van der Waals surface area (Å²) < 4.78 is 5.64. The molecule has 2 atom stereocenters. The highest BCUT2D eigenvalue weighted by Gasteiger charge is 2.18. The molecule has 0 aromatic carbocycles. The molecule has 1 saturated heterocycles. The molecule has 1 fully saturated rings. The van der Waals surface area contributed by atoms with E-state index < -0.39 is 0 Å². The molecule has 0 saturated carbocycles. The standard InChI is InChI=1S/C10H21ClN2O/c1-3-9(6-11)12-7-10-8-13(2)4-5-14-10/h9-10,12H,3-8H2,1-2H3. The molecule has 1 heterocycles. The van der Waals surface area contributed by atoms with E-state index in [0.29, 0.717) is 18.0 Å². The third-order valence-corrected chi connectivity index (χ3v) is 3.03. The minimum atomic E-state index is 0.325. The summed E-state index contributed by atoms with van der Waals surface area (Å²) in [6.45, 7) is 5.97. The largest absolute Gasteiger partial charge is 0.374 e. The number of nitrogens with one attached hydrogen (secondary N) is 1. The van der Waals surface area contributed by atoms with Crippen molar-refractivity contribution in [2.24, 2.45) is 0 Å². The molecular formula is C10H21ClN2O. The number of rotatable bonds is 5. The van der Waals surface area contributed by atoms with Gasteiger partial charge in [-0.25, -0.2) is 0 Å². The van der Waals surface area contributed by atoms with Gasteiger partial charge in [0, 0.05) is 31.6 Å². The van der Waals surface area contributed by atoms with Gasteiger partial charge in [-0.1, -0.05) is 6.92 Å². The van der Waals surface area contributed by atoms with Gasteiger partial charge in [-0.3, -0.25) is 0 Å². The van der Waals surface area contributed by atoms with Gasteiger partial charge in [-0.15, -0.1) is 11.6 Å². The predicted molar refractivity (Wildman–Crippen MR) is 60.0 cm³/mol. The van der Waals surface area contributed by atoms with E-state index in [9.17, 15) is 0 Å². The summed E-state index contributed by atoms with van der Waals surface area (Å²) >= 11 is 5.80. The van der Waals surface area contributed by atoms with Crippen LogP contribution in [0, 0.1) is 0 Å². The Balaban J connectivity index is 2.16. The van der Waals surface area contributed by atoms with Gasteiger partial charge < -0.3 is 15.0 Å². The molecule has 14 heavy (non-hydrogen) atoms. The van der Waals surface area contributed by atoms with Crippen LogP contribution >= 0.6 is 11.6 Å². The van der Waals surface area contributed by atoms with E-state index in [0.717, 1.165) is 32.7 Å². The highest BCUT2D eigenvalue weighted by Crippen LogP contribution is 2.03. The third kappa shape index (κ3) is 4.13. The monoisotopic (exact) mass is 220 g/mol. The highest BCUT2D eigenvalue weighted by molar-refractivity contribution is 6.18. The number of halogens is 1. The van der Waals surface area contributed by atoms with Crippen LogP contribution < -0.4 is 5.32 Å². The van der Waals surface area contributed by atoms with Crippen LogP contribution in [0.1, 0.15) is 13.3 Å². The summed E-state index contributed by atoms with van der Waals surface area (Å²) in [5.41, 5.74) is 0. The Morgan fingerprint density at radius 1 is 1.64 bits per heavy atom. The van der Waals surface area contributed by atoms with Gasteiger partial charge in [0.2, 0.25) is 0 Å². The van der Waals surface area contributed by atoms with Crippen molar-refractivity contribution in [1.82, 2.24) is 10.2 Å². The minimum absolute atomic E-state index is 0.325. The van der Waals surface area contributed by atoms with Crippen molar-refractivity contribution in [1.29, 1.82) is 0 Å². The molecule has 0 bridgehead atoms. The third-order valence-electron chi connectivity index (χ3n) is 2.66. The lowest BCUT2D eigenvalue weighted by molar-refractivity contribution is -0.0190. The first kappa shape index (κ1) is 12.2. The van der Waals surface area contributed by atoms with Crippen LogP contribution in [0.5, 0.6) is 0 Å². The van der Waals surface area contributed by atoms with E-state index in [1.165, 1.54) is 0 Å². The summed E-state index contributed by atoms with van der Waals surface area (Å²) in [4.78, 5) is 2.30. The van der Waals surface area contributed by atoms with E-state index in [-0.39, 0.29) is 0 Å². The van der Waals surface area contributed by atoms with Crippen molar-refractivity contribution in [2.45, 2.75) is 25.5 Å². The fourth-order valence-electron chi connectivity index (χ4n) is 1.60. The molecule has 0 aliphatic carbocycles. The zero-order chi connectivity index (χ0) is 10.4. The van der Waals surface area contributed by atoms with E-state index in [1.807, 2.05) is 0 Å². The Bertz CT molecular complexity index is 153. The molecule has 0 aromatic heterocycles. The number of nitrogens with zero attached hydrogens (tertiary/aromatic N) is 1. The predicted octanol–water partition coefficient (Wildman–Crippen LogP) is 0.924. The summed E-state index contributed by atoms with van der Waals surface area (Å²) in [7, 11) is 2.13. The van der Waals surface area contributed by atoms with Gasteiger partial charge in [0.15, 0.2) is 0 Å². The smallest absolute Gasteiger partial charge is 0.0826 e. The highest BCUT2D eigenvalue weighted by atomic mass is 35.5. The van der Waals surface area contributed by atoms with Crippen LogP contribution in [0.15, 0.2) is 0 Å². The molecule has 1 N–H and O–H groups in total. The lowest BCUT2D eigenvalue weighted by Gasteiger charge is -2.31. The molecule has 0 spiro atoms. The first-order valence-corrected chi connectivity index (χ1v) is 5.89. The fraction of sp³-hybridized carbons (Fsp3) is 1.00. The van der Waals surface area contributed by atoms with Gasteiger partial charge >= 0.3 is 0 Å². The summed E-state index contributed by atoms with van der Waals surface area (Å²) in [6.07, 6.45) is 1.40. The average molecular weight is 221 g/mol. The van der Waals surface area contributed by atoms with Crippen LogP contribution in [0.2, 0.25) is 0 Å². The summed E-state index contributed by atoms with van der Waals surface area (Å²) in [6, 6.07) is 0.424. The van der Waals surface area contributed by atoms with E-state index in [4.69, 9.17) is 16.3 Å². The van der Waals surface area contributed by atoms with Crippen molar-refractivity contribution in [3.8, 4) is 0 Å². The van der Waals surface area contributed by atoms with E-state index in [2.05, 4.69) is 24.2 Å². The van der Waals surface area contributed by atoms with Crippen molar-refractivity contribution in [2.75, 3.05) is 39.2 Å². The van der Waals surface area contributed by atoms with Crippen molar-refractivity contribution in [3.05, 3.63) is 0 Å². The van der Waals surface area contributed by atoms with Gasteiger partial charge in [0.05, 0.1) is 12.7 Å². The number of hydrogen-bond donors (Lipinski definition) is 1. The lowest BCUT2D eigenvalue weighted by Crippen LogP contribution is -2.47. The van der Waals surface area contributed by atoms with E-state index in [1.54, 1.807) is 0 Å². The molecule has 0 amide bonds. The Kier molecular flexibility index (Phi) is 5.78. The maximum atomic E-state index is 5.80. The first-order chi connectivity index (χ1) is 6.76. The van der Waals surface area contributed by atoms with Gasteiger partial charge in [-0.05, 0) is 13.5 Å². The van der Waals surface area contributed by atoms with Crippen molar-refractivity contribution >= 4 is 11.6 Å². The summed E-state index contributed by atoms with van der Waals surface area (Å²) in [5.74, 6) is 0.680. The summed E-state index contributed by atoms with van der Waals surface area (Å²) in [5, 5.41) is 3.43. The molecular weight excluding hydrogens is 200 g/mol. The van der Waals surface area contributed by atoms with Crippen LogP contribution in [0.3, 0.4) is 0 Å². The lowest BCUT2D eigenvalue weighted by atomic mass is 10.2. The van der Waals surface area contributed by atoms with Crippen LogP contribution in [0.4, 0.5) is 0 Å². The molecule has 4 heteroatoms. The van der Waals surface area contributed by atoms with Crippen LogP contribution in [0.25, 0.3) is 0 Å². The molecule has 1 rings (SSSR count). The zero-order valence-electron chi connectivity index (χ0n) is 9.13. The van der Waals surface area contributed by atoms with Crippen LogP contribution in [-0.2, 0) is 4.74 Å². The quantitative estimate of drug-likeness (QED) is 0.698. The van der Waals surface area contributed by atoms with Crippen molar-refractivity contribution < 1.29 is 4.74 Å². The molecule has 1 aliphatic rings. The number of morpholine rings is 1. The zero-order valence-corrected chi connectivity index (χ0v) is 9.89. The Labute approximate surface area is 91.7 Å². The van der Waals surface area contributed by atoms with E-state index >= 15 is 0 Å². The maximum absolute atomic E-state index is 5.80. The fourth-order valence-corrected chi connectivity index (χ4v) is 1.92. The molecule has 84 valence electrons. The number of ether oxygens (including phenoxy) is 1. The minimum Gasteiger partial charge on any atom is -0.374 e. The molecule has 1 aliphatic heterocycles.